The lowest BCUT2D eigenvalue weighted by Crippen LogP contribution is -2.29. The van der Waals surface area contributed by atoms with E-state index >= 15 is 0 Å². The minimum absolute atomic E-state index is 0.0773. The summed E-state index contributed by atoms with van der Waals surface area (Å²) in [6.07, 6.45) is -8.22. The van der Waals surface area contributed by atoms with Crippen molar-refractivity contribution in [3.05, 3.63) is 65.0 Å². The molecule has 140 valence electrons. The van der Waals surface area contributed by atoms with Gasteiger partial charge < -0.3 is 5.73 Å². The number of hydrogen-bond acceptors (Lipinski definition) is 2. The molecule has 2 aromatic rings. The Morgan fingerprint density at radius 1 is 1.00 bits per heavy atom. The number of rotatable bonds is 4. The molecule has 0 spiro atoms. The summed E-state index contributed by atoms with van der Waals surface area (Å²) < 4.78 is 78.1. The van der Waals surface area contributed by atoms with Gasteiger partial charge in [-0.15, -0.1) is 0 Å². The first-order valence-electron chi connectivity index (χ1n) is 7.41. The number of aromatic nitrogens is 1. The summed E-state index contributed by atoms with van der Waals surface area (Å²) in [7, 11) is 0. The van der Waals surface area contributed by atoms with Gasteiger partial charge in [0.05, 0.1) is 16.8 Å². The number of primary amides is 1. The van der Waals surface area contributed by atoms with Crippen molar-refractivity contribution in [3.8, 4) is 0 Å². The highest BCUT2D eigenvalue weighted by Gasteiger charge is 2.39. The number of carbonyl (C=O) groups is 1. The smallest absolute Gasteiger partial charge is 0.369 e. The summed E-state index contributed by atoms with van der Waals surface area (Å²) in [4.78, 5) is 15.4. The highest BCUT2D eigenvalue weighted by molar-refractivity contribution is 5.78. The van der Waals surface area contributed by atoms with Crippen molar-refractivity contribution in [2.75, 3.05) is 0 Å². The molecule has 2 N–H and O–H groups in total. The van der Waals surface area contributed by atoms with Crippen LogP contribution in [0.15, 0.2) is 42.6 Å². The van der Waals surface area contributed by atoms with Gasteiger partial charge in [-0.1, -0.05) is 19.1 Å². The van der Waals surface area contributed by atoms with Crippen LogP contribution in [0, 0.1) is 5.92 Å². The Balaban J connectivity index is 2.62. The van der Waals surface area contributed by atoms with Gasteiger partial charge in [0.1, 0.15) is 0 Å². The number of nitrogens with zero attached hydrogens (tertiary/aromatic N) is 1. The van der Waals surface area contributed by atoms with Crippen LogP contribution in [0.3, 0.4) is 0 Å². The van der Waals surface area contributed by atoms with Crippen molar-refractivity contribution in [3.63, 3.8) is 0 Å². The average molecular weight is 376 g/mol. The maximum absolute atomic E-state index is 13.3. The molecule has 0 fully saturated rings. The molecule has 2 atom stereocenters. The Bertz CT molecular complexity index is 783. The fourth-order valence-electron chi connectivity index (χ4n) is 2.63. The van der Waals surface area contributed by atoms with Gasteiger partial charge in [0.15, 0.2) is 0 Å². The molecule has 0 saturated carbocycles. The lowest BCUT2D eigenvalue weighted by Gasteiger charge is -2.25. The summed E-state index contributed by atoms with van der Waals surface area (Å²) >= 11 is 0. The van der Waals surface area contributed by atoms with Gasteiger partial charge in [-0.3, -0.25) is 9.78 Å². The maximum Gasteiger partial charge on any atom is 0.418 e. The highest BCUT2D eigenvalue weighted by atomic mass is 19.4. The van der Waals surface area contributed by atoms with Gasteiger partial charge in [0, 0.05) is 18.0 Å². The van der Waals surface area contributed by atoms with E-state index in [1.165, 1.54) is 6.92 Å². The van der Waals surface area contributed by atoms with Crippen LogP contribution in [0.4, 0.5) is 26.3 Å². The van der Waals surface area contributed by atoms with Crippen LogP contribution in [0.5, 0.6) is 0 Å². The Kier molecular flexibility index (Phi) is 5.29. The van der Waals surface area contributed by atoms with Gasteiger partial charge in [-0.2, -0.15) is 26.3 Å². The average Bonchev–Trinajstić information content (AvgIpc) is 2.54. The number of pyridine rings is 1. The molecule has 26 heavy (non-hydrogen) atoms. The zero-order chi connectivity index (χ0) is 19.7. The summed E-state index contributed by atoms with van der Waals surface area (Å²) in [6.45, 7) is 1.31. The molecule has 1 aromatic carbocycles. The molecule has 0 radical (unpaired) electrons. The SMILES string of the molecule is CC(C(N)=O)[C@@H](c1ccc(C(F)(F)F)cc1)c1ncccc1C(F)(F)F. The molecule has 1 amide bonds. The fourth-order valence-corrected chi connectivity index (χ4v) is 2.63. The first-order chi connectivity index (χ1) is 11.9. The van der Waals surface area contributed by atoms with Gasteiger partial charge in [-0.05, 0) is 29.8 Å². The third-order valence-electron chi connectivity index (χ3n) is 3.98. The number of carbonyl (C=O) groups excluding carboxylic acids is 1. The van der Waals surface area contributed by atoms with E-state index < -0.39 is 46.9 Å². The van der Waals surface area contributed by atoms with Crippen LogP contribution < -0.4 is 5.73 Å². The highest BCUT2D eigenvalue weighted by Crippen LogP contribution is 2.40. The first kappa shape index (κ1) is 19.7. The minimum Gasteiger partial charge on any atom is -0.369 e. The molecule has 1 aromatic heterocycles. The van der Waals surface area contributed by atoms with Crippen molar-refractivity contribution in [2.24, 2.45) is 11.7 Å². The minimum atomic E-state index is -4.74. The summed E-state index contributed by atoms with van der Waals surface area (Å²) in [5, 5.41) is 0. The number of amides is 1. The van der Waals surface area contributed by atoms with Crippen molar-refractivity contribution in [1.29, 1.82) is 0 Å². The molecule has 2 rings (SSSR count). The van der Waals surface area contributed by atoms with E-state index in [0.29, 0.717) is 0 Å². The first-order valence-corrected chi connectivity index (χ1v) is 7.41. The zero-order valence-electron chi connectivity index (χ0n) is 13.4. The van der Waals surface area contributed by atoms with Crippen molar-refractivity contribution in [1.82, 2.24) is 4.98 Å². The molecule has 0 aliphatic rings. The lowest BCUT2D eigenvalue weighted by atomic mass is 9.81. The third kappa shape index (κ3) is 4.14. The molecular formula is C17H14F6N2O. The molecule has 1 unspecified atom stereocenters. The van der Waals surface area contributed by atoms with E-state index in [4.69, 9.17) is 5.73 Å². The van der Waals surface area contributed by atoms with Crippen LogP contribution >= 0.6 is 0 Å². The van der Waals surface area contributed by atoms with Crippen LogP contribution in [-0.2, 0) is 17.1 Å². The van der Waals surface area contributed by atoms with E-state index in [0.717, 1.165) is 42.6 Å². The second-order valence-corrected chi connectivity index (χ2v) is 5.72. The zero-order valence-corrected chi connectivity index (χ0v) is 13.4. The topological polar surface area (TPSA) is 56.0 Å². The maximum atomic E-state index is 13.3. The predicted molar refractivity (Wildman–Crippen MR) is 80.9 cm³/mol. The quantitative estimate of drug-likeness (QED) is 0.806. The Morgan fingerprint density at radius 2 is 1.58 bits per heavy atom. The van der Waals surface area contributed by atoms with Gasteiger partial charge >= 0.3 is 12.4 Å². The van der Waals surface area contributed by atoms with Crippen LogP contribution in [0.2, 0.25) is 0 Å². The van der Waals surface area contributed by atoms with E-state index in [1.54, 1.807) is 0 Å². The van der Waals surface area contributed by atoms with Crippen LogP contribution in [0.25, 0.3) is 0 Å². The normalized spacial score (nSPS) is 14.7. The number of halogens is 6. The number of hydrogen-bond donors (Lipinski definition) is 1. The van der Waals surface area contributed by atoms with Crippen molar-refractivity contribution >= 4 is 5.91 Å². The number of alkyl halides is 6. The van der Waals surface area contributed by atoms with E-state index in [1.807, 2.05) is 0 Å². The molecule has 9 heteroatoms. The molecular weight excluding hydrogens is 362 g/mol. The monoisotopic (exact) mass is 376 g/mol. The Labute approximate surface area is 144 Å². The molecule has 3 nitrogen and oxygen atoms in total. The van der Waals surface area contributed by atoms with Crippen molar-refractivity contribution < 1.29 is 31.1 Å². The van der Waals surface area contributed by atoms with Gasteiger partial charge in [0.25, 0.3) is 0 Å². The van der Waals surface area contributed by atoms with Crippen LogP contribution in [0.1, 0.15) is 35.2 Å². The number of nitrogens with two attached hydrogens (primary N) is 1. The molecule has 0 saturated heterocycles. The van der Waals surface area contributed by atoms with E-state index in [-0.39, 0.29) is 5.56 Å². The summed E-state index contributed by atoms with van der Waals surface area (Å²) in [5.41, 5.74) is 2.83. The Morgan fingerprint density at radius 3 is 2.04 bits per heavy atom. The van der Waals surface area contributed by atoms with Crippen molar-refractivity contribution in [2.45, 2.75) is 25.2 Å². The van der Waals surface area contributed by atoms with Gasteiger partial charge in [0.2, 0.25) is 5.91 Å². The van der Waals surface area contributed by atoms with Crippen LogP contribution in [-0.4, -0.2) is 10.9 Å². The largest absolute Gasteiger partial charge is 0.418 e. The second kappa shape index (κ2) is 6.97. The van der Waals surface area contributed by atoms with E-state index in [2.05, 4.69) is 4.98 Å². The lowest BCUT2D eigenvalue weighted by molar-refractivity contribution is -0.139. The standard InChI is InChI=1S/C17H14F6N2O/c1-9(15(24)26)13(10-4-6-11(7-5-10)16(18,19)20)14-12(17(21,22)23)3-2-8-25-14/h2-9,13H,1H3,(H2,24,26)/t9?,13-/m0/s1. The van der Waals surface area contributed by atoms with Gasteiger partial charge in [-0.25, -0.2) is 0 Å². The second-order valence-electron chi connectivity index (χ2n) is 5.72. The molecule has 1 heterocycles. The Hall–Kier alpha value is -2.58. The number of benzene rings is 1. The summed E-state index contributed by atoms with van der Waals surface area (Å²) in [5.74, 6) is -3.26. The summed E-state index contributed by atoms with van der Waals surface area (Å²) in [6, 6.07) is 5.43. The van der Waals surface area contributed by atoms with E-state index in [9.17, 15) is 31.1 Å². The molecule has 0 aliphatic heterocycles. The predicted octanol–water partition coefficient (Wildman–Crippen LogP) is 4.37. The fraction of sp³-hybridized carbons (Fsp3) is 0.294. The molecule has 0 bridgehead atoms. The third-order valence-corrected chi connectivity index (χ3v) is 3.98. The molecule has 0 aliphatic carbocycles.